The van der Waals surface area contributed by atoms with E-state index < -0.39 is 0 Å². The predicted octanol–water partition coefficient (Wildman–Crippen LogP) is 1.03. The van der Waals surface area contributed by atoms with Gasteiger partial charge in [0.1, 0.15) is 0 Å². The van der Waals surface area contributed by atoms with Crippen LogP contribution in [0.5, 0.6) is 0 Å². The third-order valence-electron chi connectivity index (χ3n) is 5.45. The van der Waals surface area contributed by atoms with Gasteiger partial charge in [-0.3, -0.25) is 14.5 Å². The average molecular weight is 395 g/mol. The lowest BCUT2D eigenvalue weighted by Gasteiger charge is -2.39. The Morgan fingerprint density at radius 3 is 2.28 bits per heavy atom. The third-order valence-corrected chi connectivity index (χ3v) is 5.45. The summed E-state index contributed by atoms with van der Waals surface area (Å²) in [5, 5.41) is 6.47. The number of rotatable bonds is 4. The number of halogens is 2. The molecule has 1 saturated carbocycles. The second-order valence-corrected chi connectivity index (χ2v) is 7.40. The van der Waals surface area contributed by atoms with Crippen LogP contribution in [-0.2, 0) is 9.59 Å². The first-order valence-electron chi connectivity index (χ1n) is 9.11. The molecular weight excluding hydrogens is 363 g/mol. The number of amides is 2. The van der Waals surface area contributed by atoms with E-state index in [1.54, 1.807) is 0 Å². The summed E-state index contributed by atoms with van der Waals surface area (Å²) < 4.78 is 0. The highest BCUT2D eigenvalue weighted by molar-refractivity contribution is 5.85. The Morgan fingerprint density at radius 1 is 1.08 bits per heavy atom. The highest BCUT2D eigenvalue weighted by Gasteiger charge is 2.33. The summed E-state index contributed by atoms with van der Waals surface area (Å²) in [6.07, 6.45) is 4.13. The number of carbonyl (C=O) groups excluding carboxylic acids is 2. The van der Waals surface area contributed by atoms with Crippen LogP contribution in [0.4, 0.5) is 0 Å². The van der Waals surface area contributed by atoms with E-state index in [0.29, 0.717) is 18.0 Å². The Labute approximate surface area is 163 Å². The maximum Gasteiger partial charge on any atom is 0.237 e. The Hall–Kier alpha value is -0.560. The summed E-state index contributed by atoms with van der Waals surface area (Å²) in [5.74, 6) is 0.626. The van der Waals surface area contributed by atoms with E-state index in [9.17, 15) is 9.59 Å². The highest BCUT2D eigenvalue weighted by Crippen LogP contribution is 2.21. The fraction of sp³-hybridized carbons (Fsp3) is 0.882. The molecule has 3 rings (SSSR count). The van der Waals surface area contributed by atoms with Gasteiger partial charge in [-0.05, 0) is 46.1 Å². The number of nitrogens with one attached hydrogen (secondary N) is 2. The smallest absolute Gasteiger partial charge is 0.237 e. The van der Waals surface area contributed by atoms with Gasteiger partial charge in [0.05, 0.1) is 6.04 Å². The zero-order valence-electron chi connectivity index (χ0n) is 15.2. The fourth-order valence-electron chi connectivity index (χ4n) is 3.66. The van der Waals surface area contributed by atoms with Gasteiger partial charge >= 0.3 is 0 Å². The molecule has 1 unspecified atom stereocenters. The van der Waals surface area contributed by atoms with E-state index in [1.807, 2.05) is 11.8 Å². The molecule has 8 heteroatoms. The molecule has 2 aliphatic heterocycles. The van der Waals surface area contributed by atoms with Crippen LogP contribution in [0.15, 0.2) is 0 Å². The minimum atomic E-state index is -0.0910. The molecule has 2 amide bonds. The minimum absolute atomic E-state index is 0. The van der Waals surface area contributed by atoms with Crippen LogP contribution in [-0.4, -0.2) is 72.5 Å². The van der Waals surface area contributed by atoms with Gasteiger partial charge in [-0.1, -0.05) is 0 Å². The highest BCUT2D eigenvalue weighted by atomic mass is 35.5. The molecule has 0 aromatic rings. The fourth-order valence-corrected chi connectivity index (χ4v) is 3.66. The maximum atomic E-state index is 12.7. The molecular formula is C17H32Cl2N4O2. The molecule has 3 aliphatic rings. The number of carbonyl (C=O) groups is 2. The van der Waals surface area contributed by atoms with Crippen molar-refractivity contribution in [3.63, 3.8) is 0 Å². The lowest BCUT2D eigenvalue weighted by molar-refractivity contribution is -0.139. The van der Waals surface area contributed by atoms with Crippen molar-refractivity contribution in [3.8, 4) is 0 Å². The summed E-state index contributed by atoms with van der Waals surface area (Å²) in [6.45, 7) is 8.16. The molecule has 2 saturated heterocycles. The molecule has 0 radical (unpaired) electrons. The normalized spacial score (nSPS) is 28.3. The molecule has 6 nitrogen and oxygen atoms in total. The molecule has 0 aromatic heterocycles. The third kappa shape index (κ3) is 5.98. The number of nitrogens with zero attached hydrogens (tertiary/aromatic N) is 2. The topological polar surface area (TPSA) is 64.7 Å². The molecule has 0 bridgehead atoms. The van der Waals surface area contributed by atoms with Crippen molar-refractivity contribution in [2.45, 2.75) is 57.7 Å². The summed E-state index contributed by atoms with van der Waals surface area (Å²) >= 11 is 0. The number of piperidine rings is 1. The van der Waals surface area contributed by atoms with Crippen LogP contribution in [0.25, 0.3) is 0 Å². The average Bonchev–Trinajstić information content (AvgIpc) is 3.37. The van der Waals surface area contributed by atoms with E-state index in [2.05, 4.69) is 22.5 Å². The quantitative estimate of drug-likeness (QED) is 0.747. The first-order chi connectivity index (χ1) is 11.0. The minimum Gasteiger partial charge on any atom is -0.352 e. The molecule has 0 spiro atoms. The van der Waals surface area contributed by atoms with Crippen LogP contribution in [0.1, 0.15) is 39.5 Å². The van der Waals surface area contributed by atoms with Gasteiger partial charge in [0, 0.05) is 44.2 Å². The molecule has 1 aliphatic carbocycles. The number of hydrogen-bond acceptors (Lipinski definition) is 4. The zero-order valence-corrected chi connectivity index (χ0v) is 16.8. The van der Waals surface area contributed by atoms with Crippen molar-refractivity contribution in [2.75, 3.05) is 32.7 Å². The van der Waals surface area contributed by atoms with E-state index in [1.165, 1.54) is 0 Å². The summed E-state index contributed by atoms with van der Waals surface area (Å²) in [7, 11) is 0. The second-order valence-electron chi connectivity index (χ2n) is 7.40. The standard InChI is InChI=1S/C17H30N4O2.2ClH/c1-12-11-14(5-6-18-12)17(23)21-9-7-20(8-10-21)13(2)16(22)19-15-3-4-15;;/h12-15,18H,3-11H2,1-2H3,(H,19,22);2*1H/t12-,13?,14-;;/m0../s1. The largest absolute Gasteiger partial charge is 0.352 e. The lowest BCUT2D eigenvalue weighted by atomic mass is 9.92. The summed E-state index contributed by atoms with van der Waals surface area (Å²) in [5.41, 5.74) is 0. The molecule has 0 aromatic carbocycles. The van der Waals surface area contributed by atoms with Gasteiger partial charge in [0.25, 0.3) is 0 Å². The van der Waals surface area contributed by atoms with Crippen LogP contribution < -0.4 is 10.6 Å². The maximum absolute atomic E-state index is 12.7. The first kappa shape index (κ1) is 22.5. The number of piperazine rings is 1. The van der Waals surface area contributed by atoms with Crippen LogP contribution in [0, 0.1) is 5.92 Å². The van der Waals surface area contributed by atoms with E-state index in [0.717, 1.165) is 58.4 Å². The predicted molar refractivity (Wildman–Crippen MR) is 103 cm³/mol. The van der Waals surface area contributed by atoms with Gasteiger partial charge in [-0.15, -0.1) is 24.8 Å². The Kier molecular flexibility index (Phi) is 8.95. The first-order valence-corrected chi connectivity index (χ1v) is 9.11. The van der Waals surface area contributed by atoms with Crippen molar-refractivity contribution < 1.29 is 9.59 Å². The van der Waals surface area contributed by atoms with Crippen LogP contribution in [0.3, 0.4) is 0 Å². The van der Waals surface area contributed by atoms with Crippen molar-refractivity contribution in [1.29, 1.82) is 0 Å². The molecule has 2 N–H and O–H groups in total. The summed E-state index contributed by atoms with van der Waals surface area (Å²) in [6, 6.07) is 0.756. The second kappa shape index (κ2) is 9.95. The molecule has 146 valence electrons. The SMILES string of the molecule is CC(C(=O)NC1CC1)N1CCN(C(=O)[C@H]2CCN[C@@H](C)C2)CC1.Cl.Cl. The van der Waals surface area contributed by atoms with Gasteiger partial charge in [-0.25, -0.2) is 0 Å². The van der Waals surface area contributed by atoms with Gasteiger partial charge < -0.3 is 15.5 Å². The molecule has 3 fully saturated rings. The Morgan fingerprint density at radius 2 is 1.72 bits per heavy atom. The lowest BCUT2D eigenvalue weighted by Crippen LogP contribution is -2.56. The number of hydrogen-bond donors (Lipinski definition) is 2. The molecule has 3 atom stereocenters. The van der Waals surface area contributed by atoms with E-state index in [-0.39, 0.29) is 42.7 Å². The van der Waals surface area contributed by atoms with Crippen molar-refractivity contribution in [3.05, 3.63) is 0 Å². The van der Waals surface area contributed by atoms with E-state index >= 15 is 0 Å². The molecule has 2 heterocycles. The van der Waals surface area contributed by atoms with Crippen molar-refractivity contribution >= 4 is 36.6 Å². The van der Waals surface area contributed by atoms with Gasteiger partial charge in [0.15, 0.2) is 0 Å². The van der Waals surface area contributed by atoms with Gasteiger partial charge in [0.2, 0.25) is 11.8 Å². The Bertz CT molecular complexity index is 454. The monoisotopic (exact) mass is 394 g/mol. The Balaban J connectivity index is 0.00000156. The van der Waals surface area contributed by atoms with Crippen molar-refractivity contribution in [1.82, 2.24) is 20.4 Å². The van der Waals surface area contributed by atoms with Crippen LogP contribution in [0.2, 0.25) is 0 Å². The molecule has 25 heavy (non-hydrogen) atoms. The van der Waals surface area contributed by atoms with Crippen molar-refractivity contribution in [2.24, 2.45) is 5.92 Å². The van der Waals surface area contributed by atoms with Gasteiger partial charge in [-0.2, -0.15) is 0 Å². The van der Waals surface area contributed by atoms with Crippen LogP contribution >= 0.6 is 24.8 Å². The van der Waals surface area contributed by atoms with E-state index in [4.69, 9.17) is 0 Å². The summed E-state index contributed by atoms with van der Waals surface area (Å²) in [4.78, 5) is 29.0. The zero-order chi connectivity index (χ0) is 16.4.